The van der Waals surface area contributed by atoms with Crippen molar-refractivity contribution in [2.24, 2.45) is 0 Å². The summed E-state index contributed by atoms with van der Waals surface area (Å²) < 4.78 is 0.220. The Morgan fingerprint density at radius 3 is 2.48 bits per heavy atom. The fraction of sp³-hybridized carbons (Fsp3) is 0.286. The van der Waals surface area contributed by atoms with Crippen molar-refractivity contribution in [1.29, 1.82) is 0 Å². The van der Waals surface area contributed by atoms with E-state index in [9.17, 15) is 9.90 Å². The number of carbonyl (C=O) groups is 1. The molecule has 0 unspecified atom stereocenters. The number of aliphatic carboxylic acids is 1. The van der Waals surface area contributed by atoms with E-state index in [-0.39, 0.29) is 0 Å². The molecule has 1 heterocycles. The lowest BCUT2D eigenvalue weighted by Gasteiger charge is -2.16. The molecule has 1 N–H and O–H groups in total. The van der Waals surface area contributed by atoms with E-state index in [1.807, 2.05) is 6.07 Å². The molecule has 2 nitrogen and oxygen atoms in total. The van der Waals surface area contributed by atoms with Gasteiger partial charge in [-0.2, -0.15) is 0 Å². The molecule has 0 atom stereocenters. The van der Waals surface area contributed by atoms with E-state index in [1.54, 1.807) is 25.2 Å². The van der Waals surface area contributed by atoms with Crippen molar-refractivity contribution in [3.05, 3.63) is 54.1 Å². The first-order valence-electron chi connectivity index (χ1n) is 8.50. The van der Waals surface area contributed by atoms with Crippen LogP contribution in [0.4, 0.5) is 0 Å². The lowest BCUT2D eigenvalue weighted by molar-refractivity contribution is -0.138. The summed E-state index contributed by atoms with van der Waals surface area (Å²) >= 11 is 3.09. The molecule has 3 aromatic rings. The highest BCUT2D eigenvalue weighted by atomic mass is 32.2. The molecule has 0 spiro atoms. The van der Waals surface area contributed by atoms with Crippen LogP contribution in [-0.4, -0.2) is 15.8 Å². The molecule has 0 bridgehead atoms. The molecular formula is C21H20O2S2. The Morgan fingerprint density at radius 1 is 1.08 bits per heavy atom. The zero-order chi connectivity index (χ0) is 17.6. The quantitative estimate of drug-likeness (QED) is 0.529. The van der Waals surface area contributed by atoms with E-state index in [2.05, 4.69) is 42.5 Å². The second-order valence-electron chi connectivity index (χ2n) is 7.06. The molecule has 4 heteroatoms. The van der Waals surface area contributed by atoms with Gasteiger partial charge in [-0.3, -0.25) is 4.79 Å². The SMILES string of the molecule is CC(C)(Sc1ccc(-c2ccc(C3CC3)c3ccccc23)s1)C(=O)O. The predicted molar refractivity (Wildman–Crippen MR) is 107 cm³/mol. The number of rotatable bonds is 5. The van der Waals surface area contributed by atoms with Gasteiger partial charge in [0.1, 0.15) is 4.75 Å². The summed E-state index contributed by atoms with van der Waals surface area (Å²) in [5, 5.41) is 12.0. The van der Waals surface area contributed by atoms with Crippen LogP contribution < -0.4 is 0 Å². The maximum absolute atomic E-state index is 11.4. The van der Waals surface area contributed by atoms with Gasteiger partial charge < -0.3 is 5.11 Å². The summed E-state index contributed by atoms with van der Waals surface area (Å²) in [7, 11) is 0. The van der Waals surface area contributed by atoms with Crippen LogP contribution in [0.3, 0.4) is 0 Å². The van der Waals surface area contributed by atoms with Gasteiger partial charge in [-0.25, -0.2) is 0 Å². The molecule has 1 aliphatic rings. The van der Waals surface area contributed by atoms with E-state index >= 15 is 0 Å². The highest BCUT2D eigenvalue weighted by molar-refractivity contribution is 8.03. The van der Waals surface area contributed by atoms with Gasteiger partial charge in [0.2, 0.25) is 0 Å². The number of fused-ring (bicyclic) bond motifs is 1. The van der Waals surface area contributed by atoms with Crippen molar-refractivity contribution in [2.75, 3.05) is 0 Å². The highest BCUT2D eigenvalue weighted by Crippen LogP contribution is 2.46. The Bertz CT molecular complexity index is 951. The van der Waals surface area contributed by atoms with Crippen molar-refractivity contribution in [3.63, 3.8) is 0 Å². The molecule has 0 amide bonds. The molecule has 1 saturated carbocycles. The van der Waals surface area contributed by atoms with Gasteiger partial charge in [0, 0.05) is 4.88 Å². The molecule has 0 aliphatic heterocycles. The number of hydrogen-bond donors (Lipinski definition) is 1. The smallest absolute Gasteiger partial charge is 0.319 e. The first kappa shape index (κ1) is 16.7. The third kappa shape index (κ3) is 3.21. The van der Waals surface area contributed by atoms with Gasteiger partial charge in [0.25, 0.3) is 0 Å². The summed E-state index contributed by atoms with van der Waals surface area (Å²) in [6.07, 6.45) is 2.60. The lowest BCUT2D eigenvalue weighted by Crippen LogP contribution is -2.26. The minimum atomic E-state index is -0.819. The molecule has 2 aromatic carbocycles. The second kappa shape index (κ2) is 6.19. The average Bonchev–Trinajstić information content (AvgIpc) is 3.33. The van der Waals surface area contributed by atoms with Gasteiger partial charge in [-0.1, -0.05) is 48.2 Å². The molecule has 4 rings (SSSR count). The van der Waals surface area contributed by atoms with E-state index in [4.69, 9.17) is 0 Å². The Balaban J connectivity index is 1.74. The molecule has 1 fully saturated rings. The third-order valence-corrected chi connectivity index (χ3v) is 7.13. The van der Waals surface area contributed by atoms with Crippen molar-refractivity contribution >= 4 is 39.8 Å². The van der Waals surface area contributed by atoms with Crippen molar-refractivity contribution < 1.29 is 9.90 Å². The third-order valence-electron chi connectivity index (χ3n) is 4.69. The fourth-order valence-corrected chi connectivity index (χ4v) is 5.67. The first-order chi connectivity index (χ1) is 12.0. The Morgan fingerprint density at radius 2 is 1.80 bits per heavy atom. The lowest BCUT2D eigenvalue weighted by atomic mass is 9.96. The van der Waals surface area contributed by atoms with Crippen LogP contribution in [0.2, 0.25) is 0 Å². The van der Waals surface area contributed by atoms with E-state index in [0.29, 0.717) is 0 Å². The van der Waals surface area contributed by atoms with E-state index < -0.39 is 10.7 Å². The van der Waals surface area contributed by atoms with Crippen molar-refractivity contribution in [1.82, 2.24) is 0 Å². The van der Waals surface area contributed by atoms with Crippen LogP contribution in [0.25, 0.3) is 21.2 Å². The van der Waals surface area contributed by atoms with Gasteiger partial charge in [-0.05, 0) is 66.6 Å². The monoisotopic (exact) mass is 368 g/mol. The summed E-state index contributed by atoms with van der Waals surface area (Å²) in [5.74, 6) is -0.0588. The zero-order valence-electron chi connectivity index (χ0n) is 14.3. The minimum absolute atomic E-state index is 0.727. The maximum Gasteiger partial charge on any atom is 0.319 e. The Labute approximate surface area is 155 Å². The molecule has 128 valence electrons. The zero-order valence-corrected chi connectivity index (χ0v) is 15.9. The summed E-state index contributed by atoms with van der Waals surface area (Å²) in [5.41, 5.74) is 2.71. The normalized spacial score (nSPS) is 14.8. The second-order valence-corrected chi connectivity index (χ2v) is 10.1. The van der Waals surface area contributed by atoms with Crippen LogP contribution in [0.5, 0.6) is 0 Å². The summed E-state index contributed by atoms with van der Waals surface area (Å²) in [6.45, 7) is 3.50. The van der Waals surface area contributed by atoms with E-state index in [0.717, 1.165) is 10.1 Å². The minimum Gasteiger partial charge on any atom is -0.480 e. The number of thiophene rings is 1. The van der Waals surface area contributed by atoms with Crippen LogP contribution in [-0.2, 0) is 4.79 Å². The maximum atomic E-state index is 11.4. The molecular weight excluding hydrogens is 348 g/mol. The Hall–Kier alpha value is -1.78. The Kier molecular flexibility index (Phi) is 4.13. The number of benzene rings is 2. The topological polar surface area (TPSA) is 37.3 Å². The first-order valence-corrected chi connectivity index (χ1v) is 10.1. The molecule has 25 heavy (non-hydrogen) atoms. The average molecular weight is 369 g/mol. The van der Waals surface area contributed by atoms with E-state index in [1.165, 1.54) is 51.4 Å². The van der Waals surface area contributed by atoms with Gasteiger partial charge in [0.15, 0.2) is 0 Å². The molecule has 1 aromatic heterocycles. The largest absolute Gasteiger partial charge is 0.480 e. The molecule has 1 aliphatic carbocycles. The summed E-state index contributed by atoms with van der Waals surface area (Å²) in [6, 6.07) is 17.3. The fourth-order valence-electron chi connectivity index (χ4n) is 3.10. The number of hydrogen-bond acceptors (Lipinski definition) is 3. The standard InChI is InChI=1S/C21H20O2S2/c1-21(2,20(22)23)25-19-12-11-18(24-19)17-10-9-14(13-7-8-13)15-5-3-4-6-16(15)17/h3-6,9-13H,7-8H2,1-2H3,(H,22,23). The predicted octanol–water partition coefficient (Wildman–Crippen LogP) is 6.40. The van der Waals surface area contributed by atoms with Crippen LogP contribution in [0.15, 0.2) is 52.7 Å². The van der Waals surface area contributed by atoms with Crippen LogP contribution in [0.1, 0.15) is 38.2 Å². The van der Waals surface area contributed by atoms with Gasteiger partial charge >= 0.3 is 5.97 Å². The highest BCUT2D eigenvalue weighted by Gasteiger charge is 2.29. The van der Waals surface area contributed by atoms with Crippen molar-refractivity contribution in [2.45, 2.75) is 41.6 Å². The molecule has 0 radical (unpaired) electrons. The van der Waals surface area contributed by atoms with Crippen LogP contribution >= 0.6 is 23.1 Å². The van der Waals surface area contributed by atoms with Gasteiger partial charge in [0.05, 0.1) is 4.21 Å². The number of thioether (sulfide) groups is 1. The van der Waals surface area contributed by atoms with Gasteiger partial charge in [-0.15, -0.1) is 11.3 Å². The number of carboxylic acid groups (broad SMARTS) is 1. The number of carboxylic acids is 1. The van der Waals surface area contributed by atoms with Crippen molar-refractivity contribution in [3.8, 4) is 10.4 Å². The van der Waals surface area contributed by atoms with Crippen LogP contribution in [0, 0.1) is 0 Å². The summed E-state index contributed by atoms with van der Waals surface area (Å²) in [4.78, 5) is 12.6. The molecule has 0 saturated heterocycles.